The van der Waals surface area contributed by atoms with Crippen molar-refractivity contribution in [3.8, 4) is 0 Å². The normalized spacial score (nSPS) is 10.1. The number of benzene rings is 2. The van der Waals surface area contributed by atoms with Crippen LogP contribution in [0.4, 0.5) is 10.5 Å². The molecule has 20 heavy (non-hydrogen) atoms. The molecule has 0 atom stereocenters. The summed E-state index contributed by atoms with van der Waals surface area (Å²) in [4.78, 5) is 11.7. The Bertz CT molecular complexity index is 581. The van der Waals surface area contributed by atoms with Gasteiger partial charge in [-0.3, -0.25) is 5.32 Å². The predicted molar refractivity (Wildman–Crippen MR) is 81.1 cm³/mol. The van der Waals surface area contributed by atoms with Crippen LogP contribution in [-0.2, 0) is 17.8 Å². The highest BCUT2D eigenvalue weighted by molar-refractivity contribution is 6.31. The quantitative estimate of drug-likeness (QED) is 0.889. The average Bonchev–Trinajstić information content (AvgIpc) is 2.47. The lowest BCUT2D eigenvalue weighted by Gasteiger charge is -2.08. The third-order valence-electron chi connectivity index (χ3n) is 2.93. The minimum absolute atomic E-state index is 0.151. The summed E-state index contributed by atoms with van der Waals surface area (Å²) >= 11 is 5.99. The van der Waals surface area contributed by atoms with Crippen molar-refractivity contribution in [2.75, 3.05) is 5.32 Å². The number of nitrogens with one attached hydrogen (secondary N) is 1. The summed E-state index contributed by atoms with van der Waals surface area (Å²) in [6, 6.07) is 14.9. The molecule has 0 radical (unpaired) electrons. The van der Waals surface area contributed by atoms with Crippen molar-refractivity contribution in [1.82, 2.24) is 0 Å². The van der Waals surface area contributed by atoms with Gasteiger partial charge in [0, 0.05) is 16.3 Å². The minimum Gasteiger partial charge on any atom is -0.444 e. The first kappa shape index (κ1) is 14.4. The number of ether oxygens (including phenoxy) is 1. The Hall–Kier alpha value is -2.00. The number of hydrogen-bond donors (Lipinski definition) is 1. The van der Waals surface area contributed by atoms with Crippen LogP contribution in [0, 0.1) is 0 Å². The number of carbonyl (C=O) groups is 1. The molecular formula is C16H16ClNO2. The zero-order chi connectivity index (χ0) is 14.4. The maximum atomic E-state index is 11.7. The molecule has 0 fully saturated rings. The molecular weight excluding hydrogens is 274 g/mol. The van der Waals surface area contributed by atoms with Gasteiger partial charge < -0.3 is 4.74 Å². The Morgan fingerprint density at radius 1 is 1.15 bits per heavy atom. The van der Waals surface area contributed by atoms with Gasteiger partial charge in [0.2, 0.25) is 0 Å². The molecule has 2 aromatic rings. The van der Waals surface area contributed by atoms with Gasteiger partial charge in [0.05, 0.1) is 0 Å². The fourth-order valence-electron chi connectivity index (χ4n) is 1.74. The van der Waals surface area contributed by atoms with E-state index in [1.165, 1.54) is 5.56 Å². The highest BCUT2D eigenvalue weighted by Crippen LogP contribution is 2.16. The number of anilines is 1. The standard InChI is InChI=1S/C16H16ClNO2/c1-2-12-7-9-14(10-8-12)18-16(19)20-11-13-5-3-4-6-15(13)17/h3-10H,2,11H2,1H3,(H,18,19). The van der Waals surface area contributed by atoms with Gasteiger partial charge in [0.25, 0.3) is 0 Å². The molecule has 0 bridgehead atoms. The summed E-state index contributed by atoms with van der Waals surface area (Å²) in [6.45, 7) is 2.23. The van der Waals surface area contributed by atoms with Crippen molar-refractivity contribution < 1.29 is 9.53 Å². The molecule has 0 unspecified atom stereocenters. The van der Waals surface area contributed by atoms with Crippen molar-refractivity contribution in [2.45, 2.75) is 20.0 Å². The van der Waals surface area contributed by atoms with Gasteiger partial charge in [-0.2, -0.15) is 0 Å². The molecule has 1 amide bonds. The van der Waals surface area contributed by atoms with Gasteiger partial charge >= 0.3 is 6.09 Å². The molecule has 0 heterocycles. The molecule has 2 rings (SSSR count). The van der Waals surface area contributed by atoms with E-state index in [9.17, 15) is 4.79 Å². The van der Waals surface area contributed by atoms with Gasteiger partial charge in [-0.15, -0.1) is 0 Å². The van der Waals surface area contributed by atoms with Crippen molar-refractivity contribution in [3.63, 3.8) is 0 Å². The Morgan fingerprint density at radius 2 is 1.85 bits per heavy atom. The third kappa shape index (κ3) is 4.00. The van der Waals surface area contributed by atoms with E-state index in [0.29, 0.717) is 10.7 Å². The summed E-state index contributed by atoms with van der Waals surface area (Å²) in [5.41, 5.74) is 2.72. The average molecular weight is 290 g/mol. The summed E-state index contributed by atoms with van der Waals surface area (Å²) in [5, 5.41) is 3.27. The summed E-state index contributed by atoms with van der Waals surface area (Å²) in [5.74, 6) is 0. The van der Waals surface area contributed by atoms with Crippen LogP contribution < -0.4 is 5.32 Å². The fourth-order valence-corrected chi connectivity index (χ4v) is 1.93. The first-order valence-electron chi connectivity index (χ1n) is 6.45. The summed E-state index contributed by atoms with van der Waals surface area (Å²) < 4.78 is 5.13. The molecule has 0 aliphatic heterocycles. The van der Waals surface area contributed by atoms with Crippen LogP contribution >= 0.6 is 11.6 Å². The zero-order valence-electron chi connectivity index (χ0n) is 11.2. The number of hydrogen-bond acceptors (Lipinski definition) is 2. The first-order chi connectivity index (χ1) is 9.69. The molecule has 0 spiro atoms. The highest BCUT2D eigenvalue weighted by atomic mass is 35.5. The molecule has 0 aliphatic carbocycles. The molecule has 0 saturated heterocycles. The maximum absolute atomic E-state index is 11.7. The lowest BCUT2D eigenvalue weighted by molar-refractivity contribution is 0.155. The van der Waals surface area contributed by atoms with Crippen molar-refractivity contribution >= 4 is 23.4 Å². The van der Waals surface area contributed by atoms with Crippen molar-refractivity contribution in [1.29, 1.82) is 0 Å². The number of halogens is 1. The van der Waals surface area contributed by atoms with Crippen LogP contribution in [0.2, 0.25) is 5.02 Å². The molecule has 2 aromatic carbocycles. The molecule has 0 aliphatic rings. The van der Waals surface area contributed by atoms with E-state index in [-0.39, 0.29) is 6.61 Å². The first-order valence-corrected chi connectivity index (χ1v) is 6.83. The molecule has 0 saturated carbocycles. The number of rotatable bonds is 4. The monoisotopic (exact) mass is 289 g/mol. The van der Waals surface area contributed by atoms with Gasteiger partial charge in [0.15, 0.2) is 0 Å². The molecule has 1 N–H and O–H groups in total. The molecule has 4 heteroatoms. The van der Waals surface area contributed by atoms with E-state index in [2.05, 4.69) is 12.2 Å². The summed E-state index contributed by atoms with van der Waals surface area (Å²) in [7, 11) is 0. The van der Waals surface area contributed by atoms with E-state index >= 15 is 0 Å². The van der Waals surface area contributed by atoms with E-state index in [1.807, 2.05) is 42.5 Å². The predicted octanol–water partition coefficient (Wildman–Crippen LogP) is 4.65. The fraction of sp³-hybridized carbons (Fsp3) is 0.188. The molecule has 3 nitrogen and oxygen atoms in total. The van der Waals surface area contributed by atoms with Gasteiger partial charge in [-0.05, 0) is 30.2 Å². The second-order valence-corrected chi connectivity index (χ2v) is 4.75. The van der Waals surface area contributed by atoms with Gasteiger partial charge in [-0.25, -0.2) is 4.79 Å². The lowest BCUT2D eigenvalue weighted by atomic mass is 10.1. The smallest absolute Gasteiger partial charge is 0.411 e. The zero-order valence-corrected chi connectivity index (χ0v) is 12.0. The summed E-state index contributed by atoms with van der Waals surface area (Å²) in [6.07, 6.45) is 0.478. The van der Waals surface area contributed by atoms with Crippen LogP contribution in [-0.4, -0.2) is 6.09 Å². The Labute approximate surface area is 123 Å². The second-order valence-electron chi connectivity index (χ2n) is 4.34. The SMILES string of the molecule is CCc1ccc(NC(=O)OCc2ccccc2Cl)cc1. The third-order valence-corrected chi connectivity index (χ3v) is 3.29. The Kier molecular flexibility index (Phi) is 5.02. The molecule has 0 aromatic heterocycles. The largest absolute Gasteiger partial charge is 0.444 e. The second kappa shape index (κ2) is 6.96. The maximum Gasteiger partial charge on any atom is 0.411 e. The van der Waals surface area contributed by atoms with E-state index in [1.54, 1.807) is 6.07 Å². The highest BCUT2D eigenvalue weighted by Gasteiger charge is 2.05. The van der Waals surface area contributed by atoms with Crippen LogP contribution in [0.15, 0.2) is 48.5 Å². The van der Waals surface area contributed by atoms with Crippen LogP contribution in [0.5, 0.6) is 0 Å². The number of amides is 1. The van der Waals surface area contributed by atoms with E-state index < -0.39 is 6.09 Å². The van der Waals surface area contributed by atoms with Crippen LogP contribution in [0.25, 0.3) is 0 Å². The van der Waals surface area contributed by atoms with Crippen LogP contribution in [0.1, 0.15) is 18.1 Å². The van der Waals surface area contributed by atoms with Gasteiger partial charge in [-0.1, -0.05) is 48.9 Å². The van der Waals surface area contributed by atoms with Crippen LogP contribution in [0.3, 0.4) is 0 Å². The Balaban J connectivity index is 1.87. The topological polar surface area (TPSA) is 38.3 Å². The lowest BCUT2D eigenvalue weighted by Crippen LogP contribution is -2.13. The number of carbonyl (C=O) groups excluding carboxylic acids is 1. The van der Waals surface area contributed by atoms with Crippen molar-refractivity contribution in [2.24, 2.45) is 0 Å². The minimum atomic E-state index is -0.492. The Morgan fingerprint density at radius 3 is 2.50 bits per heavy atom. The molecule has 104 valence electrons. The number of aryl methyl sites for hydroxylation is 1. The van der Waals surface area contributed by atoms with Crippen molar-refractivity contribution in [3.05, 3.63) is 64.7 Å². The van der Waals surface area contributed by atoms with E-state index in [0.717, 1.165) is 12.0 Å². The van der Waals surface area contributed by atoms with Gasteiger partial charge in [0.1, 0.15) is 6.61 Å². The van der Waals surface area contributed by atoms with E-state index in [4.69, 9.17) is 16.3 Å².